The van der Waals surface area contributed by atoms with Gasteiger partial charge in [-0.2, -0.15) is 0 Å². The van der Waals surface area contributed by atoms with Crippen molar-refractivity contribution in [3.8, 4) is 0 Å². The van der Waals surface area contributed by atoms with Crippen LogP contribution in [0.4, 0.5) is 0 Å². The van der Waals surface area contributed by atoms with Crippen LogP contribution in [-0.2, 0) is 14.4 Å². The van der Waals surface area contributed by atoms with Crippen LogP contribution in [0.25, 0.3) is 0 Å². The van der Waals surface area contributed by atoms with Crippen LogP contribution in [0.5, 0.6) is 0 Å². The van der Waals surface area contributed by atoms with Crippen molar-refractivity contribution in [2.45, 2.75) is 38.6 Å². The minimum Gasteiger partial charge on any atom is -0.319 e. The Kier molecular flexibility index (Phi) is 3.24. The summed E-state index contributed by atoms with van der Waals surface area (Å²) in [4.78, 5) is 37.0. The lowest BCUT2D eigenvalue weighted by Gasteiger charge is -2.41. The molecule has 2 rings (SSSR count). The zero-order valence-corrected chi connectivity index (χ0v) is 10.7. The molecule has 1 unspecified atom stereocenters. The number of nitrogens with one attached hydrogen (secondary N) is 1. The predicted octanol–water partition coefficient (Wildman–Crippen LogP) is 0.606. The van der Waals surface area contributed by atoms with E-state index in [2.05, 4.69) is 11.4 Å². The Morgan fingerprint density at radius 1 is 1.39 bits per heavy atom. The fourth-order valence-corrected chi connectivity index (χ4v) is 2.37. The number of allylic oxidation sites excluding steroid dienone is 2. The molecule has 98 valence electrons. The zero-order valence-electron chi connectivity index (χ0n) is 10.7. The van der Waals surface area contributed by atoms with Crippen LogP contribution >= 0.6 is 0 Å². The van der Waals surface area contributed by atoms with Crippen molar-refractivity contribution in [3.05, 3.63) is 12.2 Å². The SMILES string of the molecule is CC1(C)C(=O)NC(=O)CN1C(=O)C1CC=CCC1. The molecule has 0 radical (unpaired) electrons. The van der Waals surface area contributed by atoms with E-state index < -0.39 is 17.4 Å². The second-order valence-corrected chi connectivity index (χ2v) is 5.34. The highest BCUT2D eigenvalue weighted by atomic mass is 16.2. The molecule has 5 heteroatoms. The summed E-state index contributed by atoms with van der Waals surface area (Å²) in [6.07, 6.45) is 6.41. The molecule has 1 heterocycles. The molecule has 1 saturated heterocycles. The predicted molar refractivity (Wildman–Crippen MR) is 65.4 cm³/mol. The van der Waals surface area contributed by atoms with Crippen molar-refractivity contribution in [1.82, 2.24) is 10.2 Å². The van der Waals surface area contributed by atoms with E-state index in [1.807, 2.05) is 6.08 Å². The Balaban J connectivity index is 2.19. The summed E-state index contributed by atoms with van der Waals surface area (Å²) in [5.41, 5.74) is -0.952. The Labute approximate surface area is 106 Å². The first-order valence-corrected chi connectivity index (χ1v) is 6.23. The number of carbonyl (C=O) groups excluding carboxylic acids is 3. The molecule has 1 aliphatic carbocycles. The molecule has 18 heavy (non-hydrogen) atoms. The number of amides is 3. The lowest BCUT2D eigenvalue weighted by Crippen LogP contribution is -2.66. The average molecular weight is 250 g/mol. The Hall–Kier alpha value is -1.65. The maximum absolute atomic E-state index is 12.4. The van der Waals surface area contributed by atoms with Gasteiger partial charge in [-0.25, -0.2) is 0 Å². The Morgan fingerprint density at radius 3 is 2.72 bits per heavy atom. The topological polar surface area (TPSA) is 66.5 Å². The van der Waals surface area contributed by atoms with Crippen LogP contribution in [0.3, 0.4) is 0 Å². The molecule has 1 N–H and O–H groups in total. The van der Waals surface area contributed by atoms with Crippen molar-refractivity contribution in [2.75, 3.05) is 6.54 Å². The second-order valence-electron chi connectivity index (χ2n) is 5.34. The second kappa shape index (κ2) is 4.55. The van der Waals surface area contributed by atoms with Gasteiger partial charge in [0.2, 0.25) is 11.8 Å². The number of piperazine rings is 1. The fraction of sp³-hybridized carbons (Fsp3) is 0.615. The van der Waals surface area contributed by atoms with Gasteiger partial charge < -0.3 is 4.90 Å². The summed E-state index contributed by atoms with van der Waals surface area (Å²) in [6, 6.07) is 0. The third-order valence-corrected chi connectivity index (χ3v) is 3.67. The number of hydrogen-bond donors (Lipinski definition) is 1. The minimum absolute atomic E-state index is 0.0300. The smallest absolute Gasteiger partial charge is 0.252 e. The molecule has 1 fully saturated rings. The molecule has 0 spiro atoms. The quantitative estimate of drug-likeness (QED) is 0.547. The molecule has 0 aromatic rings. The highest BCUT2D eigenvalue weighted by Gasteiger charge is 2.44. The first kappa shape index (κ1) is 12.8. The fourth-order valence-electron chi connectivity index (χ4n) is 2.37. The Bertz CT molecular complexity index is 426. The number of imide groups is 1. The monoisotopic (exact) mass is 250 g/mol. The van der Waals surface area contributed by atoms with Crippen LogP contribution in [0.2, 0.25) is 0 Å². The number of carbonyl (C=O) groups is 3. The lowest BCUT2D eigenvalue weighted by molar-refractivity contribution is -0.157. The molecule has 0 saturated carbocycles. The van der Waals surface area contributed by atoms with Gasteiger partial charge in [-0.05, 0) is 33.1 Å². The highest BCUT2D eigenvalue weighted by Crippen LogP contribution is 2.26. The summed E-state index contributed by atoms with van der Waals surface area (Å²) in [5, 5.41) is 2.27. The van der Waals surface area contributed by atoms with E-state index in [9.17, 15) is 14.4 Å². The third kappa shape index (κ3) is 2.17. The highest BCUT2D eigenvalue weighted by molar-refractivity contribution is 6.06. The van der Waals surface area contributed by atoms with E-state index in [0.29, 0.717) is 6.42 Å². The maximum atomic E-state index is 12.4. The zero-order chi connectivity index (χ0) is 13.3. The van der Waals surface area contributed by atoms with Crippen molar-refractivity contribution in [3.63, 3.8) is 0 Å². The van der Waals surface area contributed by atoms with Gasteiger partial charge in [-0.3, -0.25) is 19.7 Å². The van der Waals surface area contributed by atoms with Crippen LogP contribution < -0.4 is 5.32 Å². The van der Waals surface area contributed by atoms with Gasteiger partial charge in [0.1, 0.15) is 12.1 Å². The summed E-state index contributed by atoms with van der Waals surface area (Å²) < 4.78 is 0. The van der Waals surface area contributed by atoms with Crippen LogP contribution in [0.1, 0.15) is 33.1 Å². The maximum Gasteiger partial charge on any atom is 0.252 e. The van der Waals surface area contributed by atoms with E-state index in [1.165, 1.54) is 4.90 Å². The number of hydrogen-bond acceptors (Lipinski definition) is 3. The van der Waals surface area contributed by atoms with Gasteiger partial charge in [0.15, 0.2) is 0 Å². The molecule has 0 aromatic heterocycles. The van der Waals surface area contributed by atoms with Gasteiger partial charge in [-0.15, -0.1) is 0 Å². The van der Waals surface area contributed by atoms with Crippen molar-refractivity contribution in [2.24, 2.45) is 5.92 Å². The largest absolute Gasteiger partial charge is 0.319 e. The normalized spacial score (nSPS) is 27.0. The molecule has 3 amide bonds. The molecular formula is C13H18N2O3. The van der Waals surface area contributed by atoms with Crippen molar-refractivity contribution in [1.29, 1.82) is 0 Å². The number of rotatable bonds is 1. The minimum atomic E-state index is -0.952. The van der Waals surface area contributed by atoms with Gasteiger partial charge in [0.05, 0.1) is 0 Å². The Morgan fingerprint density at radius 2 is 2.11 bits per heavy atom. The summed E-state index contributed by atoms with van der Waals surface area (Å²) in [7, 11) is 0. The summed E-state index contributed by atoms with van der Waals surface area (Å²) >= 11 is 0. The van der Waals surface area contributed by atoms with E-state index in [1.54, 1.807) is 13.8 Å². The lowest BCUT2D eigenvalue weighted by atomic mass is 9.89. The standard InChI is InChI=1S/C13H18N2O3/c1-13(2)12(18)14-10(16)8-15(13)11(17)9-6-4-3-5-7-9/h3-4,9H,5-8H2,1-2H3,(H,14,16,18). The molecule has 1 atom stereocenters. The van der Waals surface area contributed by atoms with E-state index in [4.69, 9.17) is 0 Å². The molecule has 5 nitrogen and oxygen atoms in total. The molecule has 1 aliphatic heterocycles. The van der Waals surface area contributed by atoms with E-state index in [-0.39, 0.29) is 18.4 Å². The first-order valence-electron chi connectivity index (χ1n) is 6.23. The van der Waals surface area contributed by atoms with Crippen LogP contribution in [0.15, 0.2) is 12.2 Å². The molecule has 2 aliphatic rings. The van der Waals surface area contributed by atoms with E-state index >= 15 is 0 Å². The molecular weight excluding hydrogens is 232 g/mol. The van der Waals surface area contributed by atoms with E-state index in [0.717, 1.165) is 12.8 Å². The third-order valence-electron chi connectivity index (χ3n) is 3.67. The van der Waals surface area contributed by atoms with Gasteiger partial charge in [-0.1, -0.05) is 12.2 Å². The molecule has 0 bridgehead atoms. The van der Waals surface area contributed by atoms with Crippen molar-refractivity contribution < 1.29 is 14.4 Å². The van der Waals surface area contributed by atoms with Crippen molar-refractivity contribution >= 4 is 17.7 Å². The summed E-state index contributed by atoms with van der Waals surface area (Å²) in [6.45, 7) is 3.31. The van der Waals surface area contributed by atoms with Gasteiger partial charge >= 0.3 is 0 Å². The molecule has 0 aromatic carbocycles. The summed E-state index contributed by atoms with van der Waals surface area (Å²) in [5.74, 6) is -1.00. The van der Waals surface area contributed by atoms with Gasteiger partial charge in [0, 0.05) is 5.92 Å². The van der Waals surface area contributed by atoms with Gasteiger partial charge in [0.25, 0.3) is 5.91 Å². The number of nitrogens with zero attached hydrogens (tertiary/aromatic N) is 1. The average Bonchev–Trinajstić information content (AvgIpc) is 2.34. The first-order chi connectivity index (χ1) is 8.43. The van der Waals surface area contributed by atoms with Crippen LogP contribution in [-0.4, -0.2) is 34.7 Å². The van der Waals surface area contributed by atoms with Crippen LogP contribution in [0, 0.1) is 5.92 Å².